The van der Waals surface area contributed by atoms with Gasteiger partial charge in [-0.1, -0.05) is 0 Å². The normalized spacial score (nSPS) is 17.9. The molecule has 20 heavy (non-hydrogen) atoms. The number of rotatable bonds is 6. The summed E-state index contributed by atoms with van der Waals surface area (Å²) in [4.78, 5) is 20.4. The fourth-order valence-corrected chi connectivity index (χ4v) is 2.10. The Bertz CT molecular complexity index is 523. The zero-order chi connectivity index (χ0) is 14.1. The maximum Gasteiger partial charge on any atom is 0.223 e. The summed E-state index contributed by atoms with van der Waals surface area (Å²) >= 11 is 0. The van der Waals surface area contributed by atoms with Gasteiger partial charge in [0, 0.05) is 30.5 Å². The first-order chi connectivity index (χ1) is 9.65. The summed E-state index contributed by atoms with van der Waals surface area (Å²) in [6.07, 6.45) is 4.37. The molecule has 0 atom stereocenters. The molecule has 0 saturated heterocycles. The Morgan fingerprint density at radius 2 is 2.00 bits per heavy atom. The van der Waals surface area contributed by atoms with Crippen LogP contribution in [-0.4, -0.2) is 29.0 Å². The Morgan fingerprint density at radius 1 is 1.25 bits per heavy atom. The number of nitrogens with zero attached hydrogens (tertiary/aromatic N) is 2. The molecule has 1 aromatic rings. The SMILES string of the molecule is Cc1c(N)nc(C2CC2)nc1NCCNC(=O)C1CC1. The van der Waals surface area contributed by atoms with E-state index in [0.29, 0.717) is 24.8 Å². The number of nitrogens with two attached hydrogens (primary N) is 1. The highest BCUT2D eigenvalue weighted by Crippen LogP contribution is 2.39. The third-order valence-corrected chi connectivity index (χ3v) is 3.81. The monoisotopic (exact) mass is 275 g/mol. The average molecular weight is 275 g/mol. The van der Waals surface area contributed by atoms with E-state index in [0.717, 1.165) is 42.9 Å². The van der Waals surface area contributed by atoms with Gasteiger partial charge in [0.25, 0.3) is 0 Å². The minimum atomic E-state index is 0.171. The summed E-state index contributed by atoms with van der Waals surface area (Å²) in [5.41, 5.74) is 6.80. The molecular formula is C14H21N5O. The molecule has 2 aliphatic rings. The average Bonchev–Trinajstić information content (AvgIpc) is 3.30. The summed E-state index contributed by atoms with van der Waals surface area (Å²) in [7, 11) is 0. The first kappa shape index (κ1) is 13.1. The molecule has 0 radical (unpaired) electrons. The van der Waals surface area contributed by atoms with Gasteiger partial charge in [0.05, 0.1) is 0 Å². The third kappa shape index (κ3) is 3.00. The number of carbonyl (C=O) groups excluding carboxylic acids is 1. The molecule has 6 heteroatoms. The maximum absolute atomic E-state index is 11.5. The molecule has 1 heterocycles. The second-order valence-corrected chi connectivity index (χ2v) is 5.71. The number of nitrogens with one attached hydrogen (secondary N) is 2. The van der Waals surface area contributed by atoms with Gasteiger partial charge in [0.15, 0.2) is 0 Å². The largest absolute Gasteiger partial charge is 0.383 e. The molecular weight excluding hydrogens is 254 g/mol. The maximum atomic E-state index is 11.5. The fraction of sp³-hybridized carbons (Fsp3) is 0.643. The van der Waals surface area contributed by atoms with E-state index in [1.165, 1.54) is 0 Å². The van der Waals surface area contributed by atoms with Crippen molar-refractivity contribution in [2.75, 3.05) is 24.1 Å². The molecule has 1 amide bonds. The van der Waals surface area contributed by atoms with Crippen LogP contribution in [0.4, 0.5) is 11.6 Å². The van der Waals surface area contributed by atoms with Gasteiger partial charge < -0.3 is 16.4 Å². The van der Waals surface area contributed by atoms with Crippen LogP contribution in [0, 0.1) is 12.8 Å². The lowest BCUT2D eigenvalue weighted by Crippen LogP contribution is -2.30. The van der Waals surface area contributed by atoms with Crippen molar-refractivity contribution in [2.24, 2.45) is 5.92 Å². The van der Waals surface area contributed by atoms with Crippen molar-refractivity contribution >= 4 is 17.5 Å². The molecule has 0 unspecified atom stereocenters. The predicted molar refractivity (Wildman–Crippen MR) is 77.4 cm³/mol. The smallest absolute Gasteiger partial charge is 0.223 e. The minimum absolute atomic E-state index is 0.171. The van der Waals surface area contributed by atoms with E-state index < -0.39 is 0 Å². The van der Waals surface area contributed by atoms with E-state index in [2.05, 4.69) is 20.6 Å². The van der Waals surface area contributed by atoms with E-state index >= 15 is 0 Å². The molecule has 0 aromatic carbocycles. The Balaban J connectivity index is 1.54. The second-order valence-electron chi connectivity index (χ2n) is 5.71. The third-order valence-electron chi connectivity index (χ3n) is 3.81. The minimum Gasteiger partial charge on any atom is -0.383 e. The second kappa shape index (κ2) is 5.26. The van der Waals surface area contributed by atoms with E-state index in [4.69, 9.17) is 5.73 Å². The first-order valence-electron chi connectivity index (χ1n) is 7.30. The van der Waals surface area contributed by atoms with Crippen molar-refractivity contribution in [1.29, 1.82) is 0 Å². The molecule has 0 bridgehead atoms. The number of amides is 1. The number of anilines is 2. The van der Waals surface area contributed by atoms with Crippen molar-refractivity contribution in [3.63, 3.8) is 0 Å². The molecule has 2 saturated carbocycles. The lowest BCUT2D eigenvalue weighted by Gasteiger charge is -2.12. The summed E-state index contributed by atoms with van der Waals surface area (Å²) in [5, 5.41) is 6.17. The van der Waals surface area contributed by atoms with E-state index in [9.17, 15) is 4.79 Å². The molecule has 0 spiro atoms. The van der Waals surface area contributed by atoms with Gasteiger partial charge in [0.1, 0.15) is 17.5 Å². The fourth-order valence-electron chi connectivity index (χ4n) is 2.10. The van der Waals surface area contributed by atoms with Gasteiger partial charge in [-0.3, -0.25) is 4.79 Å². The van der Waals surface area contributed by atoms with Crippen LogP contribution < -0.4 is 16.4 Å². The lowest BCUT2D eigenvalue weighted by atomic mass is 10.3. The highest BCUT2D eigenvalue weighted by atomic mass is 16.2. The number of aromatic nitrogens is 2. The Kier molecular flexibility index (Phi) is 3.46. The van der Waals surface area contributed by atoms with Crippen LogP contribution in [0.5, 0.6) is 0 Å². The molecule has 3 rings (SSSR count). The molecule has 0 aliphatic heterocycles. The number of hydrogen-bond acceptors (Lipinski definition) is 5. The van der Waals surface area contributed by atoms with Crippen molar-refractivity contribution < 1.29 is 4.79 Å². The van der Waals surface area contributed by atoms with Gasteiger partial charge in [-0.25, -0.2) is 9.97 Å². The van der Waals surface area contributed by atoms with E-state index in [1.807, 2.05) is 6.92 Å². The van der Waals surface area contributed by atoms with Crippen LogP contribution in [-0.2, 0) is 4.79 Å². The molecule has 2 aliphatic carbocycles. The number of hydrogen-bond donors (Lipinski definition) is 3. The van der Waals surface area contributed by atoms with Crippen LogP contribution in [0.3, 0.4) is 0 Å². The molecule has 6 nitrogen and oxygen atoms in total. The Labute approximate surface area is 118 Å². The molecule has 108 valence electrons. The van der Waals surface area contributed by atoms with Gasteiger partial charge in [-0.15, -0.1) is 0 Å². The van der Waals surface area contributed by atoms with Gasteiger partial charge in [-0.05, 0) is 32.6 Å². The Morgan fingerprint density at radius 3 is 2.65 bits per heavy atom. The highest BCUT2D eigenvalue weighted by molar-refractivity contribution is 5.80. The van der Waals surface area contributed by atoms with E-state index in [-0.39, 0.29) is 11.8 Å². The van der Waals surface area contributed by atoms with Crippen LogP contribution in [0.15, 0.2) is 0 Å². The summed E-state index contributed by atoms with van der Waals surface area (Å²) < 4.78 is 0. The highest BCUT2D eigenvalue weighted by Gasteiger charge is 2.29. The van der Waals surface area contributed by atoms with E-state index in [1.54, 1.807) is 0 Å². The standard InChI is InChI=1S/C14H21N5O/c1-8-11(15)18-13(9-2-3-9)19-12(8)16-6-7-17-14(20)10-4-5-10/h9-10H,2-7H2,1H3,(H,17,20)(H3,15,16,18,19). The van der Waals surface area contributed by atoms with Crippen molar-refractivity contribution in [3.8, 4) is 0 Å². The van der Waals surface area contributed by atoms with Crippen molar-refractivity contribution in [1.82, 2.24) is 15.3 Å². The molecule has 2 fully saturated rings. The Hall–Kier alpha value is -1.85. The zero-order valence-electron chi connectivity index (χ0n) is 11.8. The lowest BCUT2D eigenvalue weighted by molar-refractivity contribution is -0.122. The first-order valence-corrected chi connectivity index (χ1v) is 7.30. The summed E-state index contributed by atoms with van der Waals surface area (Å²) in [6, 6.07) is 0. The zero-order valence-corrected chi connectivity index (χ0v) is 11.8. The molecule has 1 aromatic heterocycles. The van der Waals surface area contributed by atoms with Crippen LogP contribution in [0.25, 0.3) is 0 Å². The van der Waals surface area contributed by atoms with Crippen LogP contribution in [0.1, 0.15) is 43.0 Å². The van der Waals surface area contributed by atoms with Gasteiger partial charge in [0.2, 0.25) is 5.91 Å². The quantitative estimate of drug-likeness (QED) is 0.678. The van der Waals surface area contributed by atoms with Gasteiger partial charge >= 0.3 is 0 Å². The predicted octanol–water partition coefficient (Wildman–Crippen LogP) is 1.18. The number of carbonyl (C=O) groups is 1. The number of nitrogen functional groups attached to an aromatic ring is 1. The summed E-state index contributed by atoms with van der Waals surface area (Å²) in [5.74, 6) is 3.09. The van der Waals surface area contributed by atoms with Crippen LogP contribution in [0.2, 0.25) is 0 Å². The summed E-state index contributed by atoms with van der Waals surface area (Å²) in [6.45, 7) is 3.18. The van der Waals surface area contributed by atoms with Crippen molar-refractivity contribution in [2.45, 2.75) is 38.5 Å². The van der Waals surface area contributed by atoms with Gasteiger partial charge in [-0.2, -0.15) is 0 Å². The van der Waals surface area contributed by atoms with Crippen LogP contribution >= 0.6 is 0 Å². The topological polar surface area (TPSA) is 92.9 Å². The van der Waals surface area contributed by atoms with Crippen molar-refractivity contribution in [3.05, 3.63) is 11.4 Å². The molecule has 4 N–H and O–H groups in total.